The predicted octanol–water partition coefficient (Wildman–Crippen LogP) is 3.92. The van der Waals surface area contributed by atoms with E-state index in [0.29, 0.717) is 0 Å². The lowest BCUT2D eigenvalue weighted by Crippen LogP contribution is -2.25. The van der Waals surface area contributed by atoms with E-state index >= 15 is 0 Å². The van der Waals surface area contributed by atoms with Crippen molar-refractivity contribution in [2.24, 2.45) is 0 Å². The van der Waals surface area contributed by atoms with Gasteiger partial charge in [0.1, 0.15) is 0 Å². The minimum Gasteiger partial charge on any atom is -0.288 e. The SMILES string of the molecule is CC(=O)N1C=CCc2c1ccc1ccc(Cl)cc21. The Bertz CT molecular complexity index is 675. The zero-order chi connectivity index (χ0) is 12.7. The van der Waals surface area contributed by atoms with E-state index in [-0.39, 0.29) is 5.91 Å². The summed E-state index contributed by atoms with van der Waals surface area (Å²) in [4.78, 5) is 13.3. The normalized spacial score (nSPS) is 13.8. The zero-order valence-electron chi connectivity index (χ0n) is 9.98. The number of allylic oxidation sites excluding steroid dienone is 1. The molecule has 0 N–H and O–H groups in total. The molecule has 0 aliphatic carbocycles. The lowest BCUT2D eigenvalue weighted by Gasteiger charge is -2.24. The van der Waals surface area contributed by atoms with Gasteiger partial charge in [0.05, 0.1) is 5.69 Å². The molecule has 18 heavy (non-hydrogen) atoms. The van der Waals surface area contributed by atoms with Crippen molar-refractivity contribution in [3.05, 3.63) is 53.2 Å². The van der Waals surface area contributed by atoms with Gasteiger partial charge in [-0.3, -0.25) is 9.69 Å². The number of amides is 1. The van der Waals surface area contributed by atoms with Gasteiger partial charge in [-0.15, -0.1) is 0 Å². The monoisotopic (exact) mass is 257 g/mol. The maximum absolute atomic E-state index is 11.6. The lowest BCUT2D eigenvalue weighted by molar-refractivity contribution is -0.116. The van der Waals surface area contributed by atoms with Crippen LogP contribution in [0.4, 0.5) is 5.69 Å². The van der Waals surface area contributed by atoms with Crippen molar-refractivity contribution in [2.45, 2.75) is 13.3 Å². The smallest absolute Gasteiger partial charge is 0.227 e. The number of carbonyl (C=O) groups is 1. The second-order valence-corrected chi connectivity index (χ2v) is 4.84. The minimum atomic E-state index is 0.0218. The van der Waals surface area contributed by atoms with Crippen LogP contribution in [0.15, 0.2) is 42.6 Å². The van der Waals surface area contributed by atoms with Crippen LogP contribution in [-0.4, -0.2) is 5.91 Å². The molecule has 2 aromatic carbocycles. The van der Waals surface area contributed by atoms with Crippen LogP contribution in [0.25, 0.3) is 10.8 Å². The van der Waals surface area contributed by atoms with Gasteiger partial charge in [-0.2, -0.15) is 0 Å². The summed E-state index contributed by atoms with van der Waals surface area (Å²) in [6.07, 6.45) is 4.67. The third kappa shape index (κ3) is 1.70. The largest absolute Gasteiger partial charge is 0.288 e. The van der Waals surface area contributed by atoms with E-state index in [1.165, 1.54) is 0 Å². The predicted molar refractivity (Wildman–Crippen MR) is 75.0 cm³/mol. The molecule has 0 fully saturated rings. The molecule has 0 bridgehead atoms. The van der Waals surface area contributed by atoms with Gasteiger partial charge in [-0.25, -0.2) is 0 Å². The van der Waals surface area contributed by atoms with Crippen LogP contribution in [0.3, 0.4) is 0 Å². The third-order valence-electron chi connectivity index (χ3n) is 3.25. The Morgan fingerprint density at radius 1 is 1.28 bits per heavy atom. The Morgan fingerprint density at radius 3 is 2.83 bits per heavy atom. The van der Waals surface area contributed by atoms with E-state index in [1.807, 2.05) is 42.6 Å². The highest BCUT2D eigenvalue weighted by Crippen LogP contribution is 2.33. The number of rotatable bonds is 0. The first-order valence-electron chi connectivity index (χ1n) is 5.84. The summed E-state index contributed by atoms with van der Waals surface area (Å²) in [6.45, 7) is 1.57. The minimum absolute atomic E-state index is 0.0218. The van der Waals surface area contributed by atoms with Crippen LogP contribution in [0.2, 0.25) is 5.02 Å². The van der Waals surface area contributed by atoms with Gasteiger partial charge >= 0.3 is 0 Å². The Morgan fingerprint density at radius 2 is 2.06 bits per heavy atom. The molecule has 90 valence electrons. The first-order chi connectivity index (χ1) is 8.66. The summed E-state index contributed by atoms with van der Waals surface area (Å²) in [7, 11) is 0. The molecule has 0 atom stereocenters. The molecule has 0 aromatic heterocycles. The Labute approximate surface area is 110 Å². The van der Waals surface area contributed by atoms with Gasteiger partial charge in [-0.1, -0.05) is 29.8 Å². The standard InChI is InChI=1S/C15H12ClNO/c1-10(18)17-8-2-3-13-14-9-12(16)6-4-11(14)5-7-15(13)17/h2,4-9H,3H2,1H3. The molecule has 0 radical (unpaired) electrons. The molecule has 0 saturated heterocycles. The Kier molecular flexibility index (Phi) is 2.60. The van der Waals surface area contributed by atoms with E-state index in [4.69, 9.17) is 11.6 Å². The quantitative estimate of drug-likeness (QED) is 0.701. The molecule has 1 heterocycles. The first-order valence-corrected chi connectivity index (χ1v) is 6.22. The number of benzene rings is 2. The summed E-state index contributed by atoms with van der Waals surface area (Å²) in [5.41, 5.74) is 2.12. The zero-order valence-corrected chi connectivity index (χ0v) is 10.7. The van der Waals surface area contributed by atoms with Gasteiger partial charge in [-0.05, 0) is 41.0 Å². The van der Waals surface area contributed by atoms with Gasteiger partial charge in [0.15, 0.2) is 0 Å². The summed E-state index contributed by atoms with van der Waals surface area (Å²) < 4.78 is 0. The maximum Gasteiger partial charge on any atom is 0.227 e. The number of hydrogen-bond donors (Lipinski definition) is 0. The molecule has 2 aromatic rings. The molecule has 0 spiro atoms. The summed E-state index contributed by atoms with van der Waals surface area (Å²) >= 11 is 6.06. The van der Waals surface area contributed by atoms with Gasteiger partial charge in [0, 0.05) is 18.1 Å². The lowest BCUT2D eigenvalue weighted by atomic mass is 9.97. The molecule has 0 unspecified atom stereocenters. The molecule has 3 rings (SSSR count). The van der Waals surface area contributed by atoms with Crippen molar-refractivity contribution in [3.8, 4) is 0 Å². The van der Waals surface area contributed by atoms with Crippen LogP contribution in [0.5, 0.6) is 0 Å². The van der Waals surface area contributed by atoms with Crippen molar-refractivity contribution in [3.63, 3.8) is 0 Å². The van der Waals surface area contributed by atoms with E-state index in [2.05, 4.69) is 0 Å². The molecule has 1 aliphatic rings. The van der Waals surface area contributed by atoms with E-state index in [0.717, 1.165) is 33.5 Å². The van der Waals surface area contributed by atoms with Crippen molar-refractivity contribution < 1.29 is 4.79 Å². The highest BCUT2D eigenvalue weighted by atomic mass is 35.5. The molecule has 0 saturated carbocycles. The average molecular weight is 258 g/mol. The van der Waals surface area contributed by atoms with Gasteiger partial charge in [0.25, 0.3) is 0 Å². The topological polar surface area (TPSA) is 20.3 Å². The van der Waals surface area contributed by atoms with Gasteiger partial charge in [0.2, 0.25) is 5.91 Å². The van der Waals surface area contributed by atoms with Crippen LogP contribution >= 0.6 is 11.6 Å². The molecule has 2 nitrogen and oxygen atoms in total. The van der Waals surface area contributed by atoms with Crippen molar-refractivity contribution >= 4 is 34.0 Å². The van der Waals surface area contributed by atoms with E-state index < -0.39 is 0 Å². The number of halogens is 1. The fourth-order valence-corrected chi connectivity index (χ4v) is 2.59. The second-order valence-electron chi connectivity index (χ2n) is 4.41. The van der Waals surface area contributed by atoms with Crippen LogP contribution < -0.4 is 4.90 Å². The maximum atomic E-state index is 11.6. The number of fused-ring (bicyclic) bond motifs is 3. The van der Waals surface area contributed by atoms with Crippen molar-refractivity contribution in [1.29, 1.82) is 0 Å². The van der Waals surface area contributed by atoms with Gasteiger partial charge < -0.3 is 0 Å². The van der Waals surface area contributed by atoms with Crippen molar-refractivity contribution in [1.82, 2.24) is 0 Å². The summed E-state index contributed by atoms with van der Waals surface area (Å²) in [5.74, 6) is 0.0218. The number of hydrogen-bond acceptors (Lipinski definition) is 1. The molecular formula is C15H12ClNO. The average Bonchev–Trinajstić information content (AvgIpc) is 2.37. The molecule has 1 aliphatic heterocycles. The third-order valence-corrected chi connectivity index (χ3v) is 3.48. The molecule has 1 amide bonds. The number of anilines is 1. The Hall–Kier alpha value is -1.80. The Balaban J connectivity index is 2.30. The van der Waals surface area contributed by atoms with E-state index in [9.17, 15) is 4.79 Å². The molecular weight excluding hydrogens is 246 g/mol. The summed E-state index contributed by atoms with van der Waals surface area (Å²) in [5, 5.41) is 2.99. The number of carbonyl (C=O) groups excluding carboxylic acids is 1. The van der Waals surface area contributed by atoms with Crippen LogP contribution in [-0.2, 0) is 11.2 Å². The van der Waals surface area contributed by atoms with Crippen molar-refractivity contribution in [2.75, 3.05) is 4.90 Å². The van der Waals surface area contributed by atoms with Crippen LogP contribution in [0.1, 0.15) is 12.5 Å². The fraction of sp³-hybridized carbons (Fsp3) is 0.133. The number of nitrogens with zero attached hydrogens (tertiary/aromatic N) is 1. The first kappa shape index (κ1) is 11.3. The highest BCUT2D eigenvalue weighted by Gasteiger charge is 2.18. The second kappa shape index (κ2) is 4.14. The van der Waals surface area contributed by atoms with Crippen LogP contribution in [0, 0.1) is 0 Å². The molecule has 3 heteroatoms. The highest BCUT2D eigenvalue weighted by molar-refractivity contribution is 6.31. The summed E-state index contributed by atoms with van der Waals surface area (Å²) in [6, 6.07) is 9.88. The van der Waals surface area contributed by atoms with E-state index in [1.54, 1.807) is 11.8 Å². The fourth-order valence-electron chi connectivity index (χ4n) is 2.41.